The van der Waals surface area contributed by atoms with E-state index >= 15 is 0 Å². The first-order valence-corrected chi connectivity index (χ1v) is 12.4. The van der Waals surface area contributed by atoms with Gasteiger partial charge in [0.15, 0.2) is 11.5 Å². The Morgan fingerprint density at radius 2 is 1.79 bits per heavy atom. The van der Waals surface area contributed by atoms with Gasteiger partial charge in [-0.1, -0.05) is 48.5 Å². The minimum atomic E-state index is -0.827. The zero-order chi connectivity index (χ0) is 27.9. The normalized spacial score (nSPS) is 10.9. The number of fused-ring (bicyclic) bond motifs is 1. The van der Waals surface area contributed by atoms with Gasteiger partial charge in [0.2, 0.25) is 0 Å². The Bertz CT molecular complexity index is 1670. The first-order valence-electron chi connectivity index (χ1n) is 11.6. The third-order valence-corrected chi connectivity index (χ3v) is 6.15. The van der Waals surface area contributed by atoms with Gasteiger partial charge >= 0.3 is 5.97 Å². The number of anilines is 1. The molecule has 0 fully saturated rings. The predicted molar refractivity (Wildman–Crippen MR) is 150 cm³/mol. The van der Waals surface area contributed by atoms with Gasteiger partial charge in [-0.15, -0.1) is 0 Å². The topological polar surface area (TPSA) is 132 Å². The molecule has 0 aromatic heterocycles. The van der Waals surface area contributed by atoms with Crippen LogP contribution in [0.1, 0.15) is 22.8 Å². The molecule has 0 saturated heterocycles. The third kappa shape index (κ3) is 6.11. The van der Waals surface area contributed by atoms with Crippen LogP contribution in [-0.2, 0) is 4.79 Å². The van der Waals surface area contributed by atoms with Crippen LogP contribution in [0.4, 0.5) is 11.4 Å². The van der Waals surface area contributed by atoms with Crippen LogP contribution < -0.4 is 14.8 Å². The minimum Gasteiger partial charge on any atom is -0.490 e. The van der Waals surface area contributed by atoms with Crippen LogP contribution in [0.3, 0.4) is 0 Å². The molecule has 1 amide bonds. The Labute approximate surface area is 231 Å². The van der Waals surface area contributed by atoms with Gasteiger partial charge in [-0.05, 0) is 69.5 Å². The number of nitriles is 1. The number of benzene rings is 4. The van der Waals surface area contributed by atoms with Gasteiger partial charge in [-0.2, -0.15) is 5.26 Å². The lowest BCUT2D eigenvalue weighted by atomic mass is 10.0. The highest BCUT2D eigenvalue weighted by molar-refractivity contribution is 9.10. The SMILES string of the molecule is CCOc1cc(C=C(C#N)C(=O)Nc2ccccc2[N+](=O)[O-])cc(Br)c1OC(=O)c1cccc2ccccc12. The largest absolute Gasteiger partial charge is 0.490 e. The Morgan fingerprint density at radius 3 is 2.54 bits per heavy atom. The van der Waals surface area contributed by atoms with Crippen molar-refractivity contribution in [1.82, 2.24) is 0 Å². The second kappa shape index (κ2) is 12.0. The number of rotatable bonds is 8. The predicted octanol–water partition coefficient (Wildman–Crippen LogP) is 6.67. The second-order valence-electron chi connectivity index (χ2n) is 8.08. The van der Waals surface area contributed by atoms with Crippen LogP contribution in [0.2, 0.25) is 0 Å². The minimum absolute atomic E-state index is 0.0412. The Kier molecular flexibility index (Phi) is 8.33. The molecule has 0 radical (unpaired) electrons. The second-order valence-corrected chi connectivity index (χ2v) is 8.93. The number of ether oxygens (including phenoxy) is 2. The number of hydrogen-bond acceptors (Lipinski definition) is 7. The molecule has 0 bridgehead atoms. The standard InChI is InChI=1S/C29H20BrN3O6/c1-2-38-26-16-18(14-20(17-31)28(34)32-24-12-5-6-13-25(24)33(36)37)15-23(30)27(26)39-29(35)22-11-7-9-19-8-3-4-10-21(19)22/h3-16H,2H2,1H3,(H,32,34). The third-order valence-electron chi connectivity index (χ3n) is 5.56. The summed E-state index contributed by atoms with van der Waals surface area (Å²) in [6.07, 6.45) is 1.30. The summed E-state index contributed by atoms with van der Waals surface area (Å²) in [5.41, 5.74) is 0.125. The quantitative estimate of drug-likeness (QED) is 0.0609. The van der Waals surface area contributed by atoms with E-state index < -0.39 is 16.8 Å². The number of amides is 1. The van der Waals surface area contributed by atoms with Gasteiger partial charge in [-0.25, -0.2) is 4.79 Å². The van der Waals surface area contributed by atoms with Crippen molar-refractivity contribution >= 4 is 56.0 Å². The maximum Gasteiger partial charge on any atom is 0.344 e. The molecule has 4 aromatic carbocycles. The van der Waals surface area contributed by atoms with E-state index in [2.05, 4.69) is 21.2 Å². The van der Waals surface area contributed by atoms with Crippen molar-refractivity contribution in [3.8, 4) is 17.6 Å². The molecule has 4 rings (SSSR count). The molecule has 194 valence electrons. The number of esters is 1. The fraction of sp³-hybridized carbons (Fsp3) is 0.0690. The first-order chi connectivity index (χ1) is 18.8. The lowest BCUT2D eigenvalue weighted by Gasteiger charge is -2.14. The van der Waals surface area contributed by atoms with Gasteiger partial charge in [0.1, 0.15) is 17.3 Å². The molecule has 0 aliphatic rings. The number of carbonyl (C=O) groups is 2. The highest BCUT2D eigenvalue weighted by Gasteiger charge is 2.20. The molecule has 0 spiro atoms. The van der Waals surface area contributed by atoms with Gasteiger partial charge in [-0.3, -0.25) is 14.9 Å². The summed E-state index contributed by atoms with van der Waals surface area (Å²) < 4.78 is 11.8. The summed E-state index contributed by atoms with van der Waals surface area (Å²) in [4.78, 5) is 36.5. The smallest absolute Gasteiger partial charge is 0.344 e. The van der Waals surface area contributed by atoms with E-state index in [0.717, 1.165) is 10.8 Å². The van der Waals surface area contributed by atoms with Gasteiger partial charge in [0.05, 0.1) is 21.6 Å². The number of para-hydroxylation sites is 2. The van der Waals surface area contributed by atoms with Crippen LogP contribution in [0.5, 0.6) is 11.5 Å². The molecule has 0 saturated carbocycles. The summed E-state index contributed by atoms with van der Waals surface area (Å²) >= 11 is 3.40. The van der Waals surface area contributed by atoms with Crippen molar-refractivity contribution in [3.05, 3.63) is 110 Å². The highest BCUT2D eigenvalue weighted by Crippen LogP contribution is 2.38. The Hall–Kier alpha value is -5.01. The molecular formula is C29H20BrN3O6. The Morgan fingerprint density at radius 1 is 1.08 bits per heavy atom. The number of nitro groups is 1. The van der Waals surface area contributed by atoms with Crippen molar-refractivity contribution in [2.75, 3.05) is 11.9 Å². The molecule has 0 aliphatic carbocycles. The number of nitrogens with one attached hydrogen (secondary N) is 1. The monoisotopic (exact) mass is 585 g/mol. The van der Waals surface area contributed by atoms with Gasteiger partial charge in [0.25, 0.3) is 11.6 Å². The lowest BCUT2D eigenvalue weighted by molar-refractivity contribution is -0.383. The van der Waals surface area contributed by atoms with E-state index in [9.17, 15) is 25.0 Å². The maximum atomic E-state index is 13.1. The molecule has 0 unspecified atom stereocenters. The molecule has 0 heterocycles. The van der Waals surface area contributed by atoms with Crippen LogP contribution in [0, 0.1) is 21.4 Å². The zero-order valence-corrected chi connectivity index (χ0v) is 22.1. The van der Waals surface area contributed by atoms with E-state index in [4.69, 9.17) is 9.47 Å². The van der Waals surface area contributed by atoms with E-state index in [-0.39, 0.29) is 35.1 Å². The van der Waals surface area contributed by atoms with E-state index in [1.807, 2.05) is 36.4 Å². The average molecular weight is 586 g/mol. The fourth-order valence-corrected chi connectivity index (χ4v) is 4.37. The van der Waals surface area contributed by atoms with Crippen LogP contribution >= 0.6 is 15.9 Å². The lowest BCUT2D eigenvalue weighted by Crippen LogP contribution is -2.14. The fourth-order valence-electron chi connectivity index (χ4n) is 3.83. The number of carbonyl (C=O) groups excluding carboxylic acids is 2. The first kappa shape index (κ1) is 27.0. The molecule has 4 aromatic rings. The van der Waals surface area contributed by atoms with Crippen molar-refractivity contribution in [3.63, 3.8) is 0 Å². The number of nitrogens with zero attached hydrogens (tertiary/aromatic N) is 2. The number of nitro benzene ring substituents is 1. The van der Waals surface area contributed by atoms with E-state index in [1.54, 1.807) is 25.1 Å². The van der Waals surface area contributed by atoms with Crippen LogP contribution in [-0.4, -0.2) is 23.4 Å². The molecular weight excluding hydrogens is 566 g/mol. The average Bonchev–Trinajstić information content (AvgIpc) is 2.93. The molecule has 1 N–H and O–H groups in total. The van der Waals surface area contributed by atoms with Gasteiger partial charge < -0.3 is 14.8 Å². The van der Waals surface area contributed by atoms with Crippen molar-refractivity contribution in [2.24, 2.45) is 0 Å². The summed E-state index contributed by atoms with van der Waals surface area (Å²) in [6, 6.07) is 23.3. The van der Waals surface area contributed by atoms with Crippen molar-refractivity contribution in [2.45, 2.75) is 6.92 Å². The maximum absolute atomic E-state index is 13.1. The van der Waals surface area contributed by atoms with E-state index in [0.29, 0.717) is 15.6 Å². The number of hydrogen-bond donors (Lipinski definition) is 1. The van der Waals surface area contributed by atoms with Gasteiger partial charge in [0, 0.05) is 6.07 Å². The summed E-state index contributed by atoms with van der Waals surface area (Å²) in [7, 11) is 0. The molecule has 0 atom stereocenters. The molecule has 39 heavy (non-hydrogen) atoms. The molecule has 9 nitrogen and oxygen atoms in total. The molecule has 0 aliphatic heterocycles. The van der Waals surface area contributed by atoms with Crippen LogP contribution in [0.25, 0.3) is 16.8 Å². The van der Waals surface area contributed by atoms with Crippen molar-refractivity contribution in [1.29, 1.82) is 5.26 Å². The van der Waals surface area contributed by atoms with E-state index in [1.165, 1.54) is 36.4 Å². The van der Waals surface area contributed by atoms with Crippen molar-refractivity contribution < 1.29 is 24.0 Å². The zero-order valence-electron chi connectivity index (χ0n) is 20.5. The highest BCUT2D eigenvalue weighted by atomic mass is 79.9. The summed E-state index contributed by atoms with van der Waals surface area (Å²) in [6.45, 7) is 2.01. The summed E-state index contributed by atoms with van der Waals surface area (Å²) in [5.74, 6) is -1.07. The molecule has 10 heteroatoms. The summed E-state index contributed by atoms with van der Waals surface area (Å²) in [5, 5.41) is 24.9. The van der Waals surface area contributed by atoms with Crippen LogP contribution in [0.15, 0.2) is 88.9 Å². The Balaban J connectivity index is 1.65. The number of halogens is 1.